The molecule has 0 atom stereocenters. The summed E-state index contributed by atoms with van der Waals surface area (Å²) in [6, 6.07) is 11.4. The van der Waals surface area contributed by atoms with Gasteiger partial charge in [0.1, 0.15) is 17.0 Å². The molecule has 2 aromatic rings. The van der Waals surface area contributed by atoms with Crippen LogP contribution in [0.4, 0.5) is 8.78 Å². The fourth-order valence-electron chi connectivity index (χ4n) is 3.22. The maximum atomic E-state index is 13.4. The van der Waals surface area contributed by atoms with Crippen molar-refractivity contribution in [2.45, 2.75) is 18.3 Å². The summed E-state index contributed by atoms with van der Waals surface area (Å²) in [6.45, 7) is 0. The van der Waals surface area contributed by atoms with E-state index in [-0.39, 0.29) is 0 Å². The molecule has 2 nitrogen and oxygen atoms in total. The Bertz CT molecular complexity index is 759. The van der Waals surface area contributed by atoms with Gasteiger partial charge in [-0.1, -0.05) is 42.5 Å². The zero-order valence-electron chi connectivity index (χ0n) is 13.0. The number of amides is 1. The number of nitrogens with two attached hydrogens (primary N) is 1. The molecule has 1 amide bonds. The van der Waals surface area contributed by atoms with Crippen LogP contribution in [0.5, 0.6) is 0 Å². The molecule has 0 saturated carbocycles. The molecule has 0 unspecified atom stereocenters. The predicted octanol–water partition coefficient (Wildman–Crippen LogP) is 4.01. The Morgan fingerprint density at radius 3 is 1.75 bits per heavy atom. The highest BCUT2D eigenvalue weighted by Crippen LogP contribution is 2.41. The molecule has 4 heteroatoms. The van der Waals surface area contributed by atoms with Gasteiger partial charge in [-0.3, -0.25) is 4.79 Å². The summed E-state index contributed by atoms with van der Waals surface area (Å²) in [4.78, 5) is 12.7. The third-order valence-corrected chi connectivity index (χ3v) is 4.35. The van der Waals surface area contributed by atoms with Gasteiger partial charge < -0.3 is 5.73 Å². The largest absolute Gasteiger partial charge is 0.368 e. The number of primary amides is 1. The van der Waals surface area contributed by atoms with Gasteiger partial charge in [-0.25, -0.2) is 8.78 Å². The van der Waals surface area contributed by atoms with Crippen molar-refractivity contribution in [2.24, 2.45) is 5.73 Å². The summed E-state index contributed by atoms with van der Waals surface area (Å²) in [5.74, 6) is -1.38. The number of allylic oxidation sites excluding steroid dienone is 3. The van der Waals surface area contributed by atoms with Crippen LogP contribution in [0.3, 0.4) is 0 Å². The minimum absolute atomic E-state index is 0.399. The van der Waals surface area contributed by atoms with Gasteiger partial charge in [-0.15, -0.1) is 0 Å². The molecule has 2 N–H and O–H groups in total. The Kier molecular flexibility index (Phi) is 4.30. The van der Waals surface area contributed by atoms with E-state index >= 15 is 0 Å². The quantitative estimate of drug-likeness (QED) is 0.907. The van der Waals surface area contributed by atoms with Crippen molar-refractivity contribution >= 4 is 5.91 Å². The Morgan fingerprint density at radius 1 is 0.875 bits per heavy atom. The Morgan fingerprint density at radius 2 is 1.38 bits per heavy atom. The van der Waals surface area contributed by atoms with Gasteiger partial charge in [-0.05, 0) is 53.8 Å². The monoisotopic (exact) mass is 325 g/mol. The predicted molar refractivity (Wildman–Crippen MR) is 89.2 cm³/mol. The van der Waals surface area contributed by atoms with Crippen LogP contribution >= 0.6 is 0 Å². The van der Waals surface area contributed by atoms with E-state index in [0.717, 1.165) is 18.4 Å². The van der Waals surface area contributed by atoms with Gasteiger partial charge in [0.25, 0.3) is 0 Å². The number of carbonyl (C=O) groups excluding carboxylic acids is 1. The molecule has 0 fully saturated rings. The molecule has 0 heterocycles. The van der Waals surface area contributed by atoms with Crippen molar-refractivity contribution < 1.29 is 13.6 Å². The number of hydrogen-bond acceptors (Lipinski definition) is 1. The van der Waals surface area contributed by atoms with Crippen LogP contribution in [-0.2, 0) is 10.2 Å². The van der Waals surface area contributed by atoms with Gasteiger partial charge >= 0.3 is 0 Å². The fourth-order valence-corrected chi connectivity index (χ4v) is 3.22. The lowest BCUT2D eigenvalue weighted by Crippen LogP contribution is -2.44. The van der Waals surface area contributed by atoms with Gasteiger partial charge in [0.05, 0.1) is 0 Å². The lowest BCUT2D eigenvalue weighted by Gasteiger charge is -2.34. The molecule has 0 aromatic heterocycles. The molecule has 122 valence electrons. The molecule has 0 aliphatic heterocycles. The third kappa shape index (κ3) is 2.64. The van der Waals surface area contributed by atoms with E-state index in [2.05, 4.69) is 0 Å². The SMILES string of the molecule is NC(=O)C(C1=CCCC=C1)(c1ccc(F)cc1)c1ccc(F)cc1. The van der Waals surface area contributed by atoms with Crippen LogP contribution in [0.1, 0.15) is 24.0 Å². The molecule has 3 rings (SSSR count). The van der Waals surface area contributed by atoms with Crippen LogP contribution in [0.25, 0.3) is 0 Å². The standard InChI is InChI=1S/C20H17F2NO/c21-17-10-6-15(7-11-17)20(19(23)24,14-4-2-1-3-5-14)16-8-12-18(22)13-9-16/h2,4-13H,1,3H2,(H2,23,24). The molecule has 0 radical (unpaired) electrons. The van der Waals surface area contributed by atoms with Crippen LogP contribution < -0.4 is 5.73 Å². The third-order valence-electron chi connectivity index (χ3n) is 4.35. The molecular weight excluding hydrogens is 308 g/mol. The topological polar surface area (TPSA) is 43.1 Å². The molecule has 1 aliphatic rings. The highest BCUT2D eigenvalue weighted by atomic mass is 19.1. The first kappa shape index (κ1) is 16.1. The zero-order chi connectivity index (χ0) is 17.2. The molecule has 24 heavy (non-hydrogen) atoms. The highest BCUT2D eigenvalue weighted by Gasteiger charge is 2.43. The number of rotatable bonds is 4. The van der Waals surface area contributed by atoms with E-state index in [0.29, 0.717) is 11.1 Å². The van der Waals surface area contributed by atoms with Crippen molar-refractivity contribution in [1.82, 2.24) is 0 Å². The number of halogens is 2. The molecule has 0 saturated heterocycles. The van der Waals surface area contributed by atoms with E-state index in [1.54, 1.807) is 24.3 Å². The fraction of sp³-hybridized carbons (Fsp3) is 0.150. The van der Waals surface area contributed by atoms with E-state index in [1.807, 2.05) is 18.2 Å². The van der Waals surface area contributed by atoms with E-state index in [4.69, 9.17) is 5.73 Å². The minimum atomic E-state index is -1.28. The van der Waals surface area contributed by atoms with Gasteiger partial charge in [-0.2, -0.15) is 0 Å². The molecule has 0 spiro atoms. The van der Waals surface area contributed by atoms with Crippen LogP contribution in [0.15, 0.2) is 72.3 Å². The molecule has 1 aliphatic carbocycles. The van der Waals surface area contributed by atoms with Crippen LogP contribution in [0, 0.1) is 11.6 Å². The first-order valence-corrected chi connectivity index (χ1v) is 7.74. The van der Waals surface area contributed by atoms with Crippen molar-refractivity contribution in [3.8, 4) is 0 Å². The summed E-state index contributed by atoms with van der Waals surface area (Å²) in [5.41, 5.74) is 6.40. The second-order valence-corrected chi connectivity index (χ2v) is 5.77. The van der Waals surface area contributed by atoms with Crippen molar-refractivity contribution in [2.75, 3.05) is 0 Å². The summed E-state index contributed by atoms with van der Waals surface area (Å²) in [7, 11) is 0. The maximum absolute atomic E-state index is 13.4. The zero-order valence-corrected chi connectivity index (χ0v) is 13.0. The second-order valence-electron chi connectivity index (χ2n) is 5.77. The van der Waals surface area contributed by atoms with E-state index in [9.17, 15) is 13.6 Å². The number of carbonyl (C=O) groups is 1. The maximum Gasteiger partial charge on any atom is 0.237 e. The van der Waals surface area contributed by atoms with Gasteiger partial charge in [0.15, 0.2) is 0 Å². The number of benzene rings is 2. The second kappa shape index (κ2) is 6.40. The summed E-state index contributed by atoms with van der Waals surface area (Å²) in [6.07, 6.45) is 7.45. The van der Waals surface area contributed by atoms with Crippen LogP contribution in [0.2, 0.25) is 0 Å². The summed E-state index contributed by atoms with van der Waals surface area (Å²) < 4.78 is 26.8. The Balaban J connectivity index is 2.30. The summed E-state index contributed by atoms with van der Waals surface area (Å²) >= 11 is 0. The van der Waals surface area contributed by atoms with Crippen molar-refractivity contribution in [3.05, 3.63) is 95.1 Å². The first-order chi connectivity index (χ1) is 11.5. The minimum Gasteiger partial charge on any atom is -0.368 e. The lowest BCUT2D eigenvalue weighted by molar-refractivity contribution is -0.121. The van der Waals surface area contributed by atoms with Crippen LogP contribution in [-0.4, -0.2) is 5.91 Å². The van der Waals surface area contributed by atoms with Crippen molar-refractivity contribution in [1.29, 1.82) is 0 Å². The van der Waals surface area contributed by atoms with Gasteiger partial charge in [0.2, 0.25) is 5.91 Å². The Labute approximate surface area is 139 Å². The van der Waals surface area contributed by atoms with Gasteiger partial charge in [0, 0.05) is 0 Å². The molecule has 0 bridgehead atoms. The van der Waals surface area contributed by atoms with Crippen molar-refractivity contribution in [3.63, 3.8) is 0 Å². The van der Waals surface area contributed by atoms with E-state index < -0.39 is 23.0 Å². The Hall–Kier alpha value is -2.75. The highest BCUT2D eigenvalue weighted by molar-refractivity contribution is 5.95. The number of hydrogen-bond donors (Lipinski definition) is 1. The smallest absolute Gasteiger partial charge is 0.237 e. The average Bonchev–Trinajstić information content (AvgIpc) is 2.59. The normalized spacial score (nSPS) is 14.3. The molecular formula is C20H17F2NO. The average molecular weight is 325 g/mol. The molecule has 2 aromatic carbocycles. The lowest BCUT2D eigenvalue weighted by atomic mass is 9.67. The summed E-state index contributed by atoms with van der Waals surface area (Å²) in [5, 5.41) is 0. The first-order valence-electron chi connectivity index (χ1n) is 7.74. The van der Waals surface area contributed by atoms with E-state index in [1.165, 1.54) is 24.3 Å².